The highest BCUT2D eigenvalue weighted by Crippen LogP contribution is 2.56. The van der Waals surface area contributed by atoms with Crippen molar-refractivity contribution in [3.8, 4) is 0 Å². The third-order valence-corrected chi connectivity index (χ3v) is 6.76. The lowest BCUT2D eigenvalue weighted by molar-refractivity contribution is -0.162. The minimum absolute atomic E-state index is 0.239. The quantitative estimate of drug-likeness (QED) is 0.573. The first-order valence-electron chi connectivity index (χ1n) is 10.7. The number of hydrogen-bond acceptors (Lipinski definition) is 5. The average molecular weight is 412 g/mol. The number of rotatable bonds is 6. The molecule has 0 aromatic heterocycles. The van der Waals surface area contributed by atoms with Crippen LogP contribution in [0.3, 0.4) is 0 Å². The molecule has 0 radical (unpaired) electrons. The predicted molar refractivity (Wildman–Crippen MR) is 109 cm³/mol. The highest BCUT2D eigenvalue weighted by Gasteiger charge is 2.62. The Labute approximate surface area is 176 Å². The molecule has 7 nitrogen and oxygen atoms in total. The van der Waals surface area contributed by atoms with Crippen LogP contribution < -0.4 is 5.32 Å². The van der Waals surface area contributed by atoms with Gasteiger partial charge in [0.25, 0.3) is 5.91 Å². The summed E-state index contributed by atoms with van der Waals surface area (Å²) in [4.78, 5) is 52.3. The van der Waals surface area contributed by atoms with E-state index in [2.05, 4.69) is 5.32 Å². The predicted octanol–water partition coefficient (Wildman–Crippen LogP) is 2.53. The summed E-state index contributed by atoms with van der Waals surface area (Å²) >= 11 is 0. The van der Waals surface area contributed by atoms with E-state index in [1.54, 1.807) is 19.9 Å². The van der Waals surface area contributed by atoms with E-state index in [9.17, 15) is 19.2 Å². The number of aryl methyl sites for hydroxylation is 1. The van der Waals surface area contributed by atoms with Gasteiger partial charge in [-0.2, -0.15) is 0 Å². The van der Waals surface area contributed by atoms with E-state index in [-0.39, 0.29) is 41.4 Å². The van der Waals surface area contributed by atoms with E-state index in [0.29, 0.717) is 5.69 Å². The molecule has 2 saturated carbocycles. The maximum atomic E-state index is 13.1. The Morgan fingerprint density at radius 1 is 1.13 bits per heavy atom. The van der Waals surface area contributed by atoms with Crippen LogP contribution in [0.4, 0.5) is 5.69 Å². The zero-order valence-corrected chi connectivity index (χ0v) is 17.6. The molecule has 7 heteroatoms. The van der Waals surface area contributed by atoms with Crippen LogP contribution >= 0.6 is 0 Å². The Balaban J connectivity index is 1.42. The normalized spacial score (nSPS) is 28.1. The van der Waals surface area contributed by atoms with Gasteiger partial charge in [0.05, 0.1) is 11.8 Å². The van der Waals surface area contributed by atoms with Gasteiger partial charge in [-0.25, -0.2) is 4.79 Å². The topological polar surface area (TPSA) is 92.8 Å². The molecule has 4 rings (SSSR count). The largest absolute Gasteiger partial charge is 0.454 e. The maximum Gasteiger partial charge on any atom is 0.330 e. The zero-order valence-electron chi connectivity index (χ0n) is 17.6. The Morgan fingerprint density at radius 2 is 1.77 bits per heavy atom. The number of benzene rings is 1. The van der Waals surface area contributed by atoms with Gasteiger partial charge >= 0.3 is 5.97 Å². The molecule has 0 unspecified atom stereocenters. The van der Waals surface area contributed by atoms with Crippen LogP contribution in [0.5, 0.6) is 0 Å². The summed E-state index contributed by atoms with van der Waals surface area (Å²) in [6, 6.07) is 6.29. The number of hydrogen-bond donors (Lipinski definition) is 1. The summed E-state index contributed by atoms with van der Waals surface area (Å²) in [5.74, 6) is -2.01. The van der Waals surface area contributed by atoms with Gasteiger partial charge in [-0.1, -0.05) is 26.0 Å². The van der Waals surface area contributed by atoms with Gasteiger partial charge in [-0.05, 0) is 61.6 Å². The van der Waals surface area contributed by atoms with Crippen molar-refractivity contribution in [3.63, 3.8) is 0 Å². The van der Waals surface area contributed by atoms with Crippen LogP contribution in [0.15, 0.2) is 24.3 Å². The number of imide groups is 1. The number of carbonyl (C=O) groups is 4. The summed E-state index contributed by atoms with van der Waals surface area (Å²) in [5.41, 5.74) is 1.61. The Bertz CT molecular complexity index is 867. The molecule has 30 heavy (non-hydrogen) atoms. The third kappa shape index (κ3) is 3.50. The van der Waals surface area contributed by atoms with Crippen LogP contribution in [0.1, 0.15) is 38.7 Å². The van der Waals surface area contributed by atoms with Gasteiger partial charge in [0.2, 0.25) is 11.8 Å². The minimum atomic E-state index is -0.998. The van der Waals surface area contributed by atoms with E-state index in [1.165, 1.54) is 0 Å². The molecule has 1 saturated heterocycles. The van der Waals surface area contributed by atoms with Crippen LogP contribution in [-0.4, -0.2) is 41.2 Å². The number of carbonyl (C=O) groups excluding carboxylic acids is 4. The van der Waals surface area contributed by atoms with Crippen molar-refractivity contribution in [2.75, 3.05) is 11.9 Å². The number of nitrogens with one attached hydrogen (secondary N) is 1. The smallest absolute Gasteiger partial charge is 0.330 e. The van der Waals surface area contributed by atoms with E-state index in [4.69, 9.17) is 4.74 Å². The summed E-state index contributed by atoms with van der Waals surface area (Å²) < 4.78 is 5.23. The zero-order chi connectivity index (χ0) is 21.6. The fraction of sp³-hybridized carbons (Fsp3) is 0.565. The Kier molecular flexibility index (Phi) is 5.38. The molecule has 3 aliphatic rings. The molecule has 2 bridgehead atoms. The first-order chi connectivity index (χ1) is 14.3. The minimum Gasteiger partial charge on any atom is -0.454 e. The second kappa shape index (κ2) is 7.85. The molecule has 1 N–H and O–H groups in total. The number of fused-ring (bicyclic) bond motifs is 5. The van der Waals surface area contributed by atoms with Crippen molar-refractivity contribution in [3.05, 3.63) is 29.8 Å². The van der Waals surface area contributed by atoms with Crippen molar-refractivity contribution >= 4 is 29.4 Å². The number of esters is 1. The summed E-state index contributed by atoms with van der Waals surface area (Å²) in [6.45, 7) is 5.00. The number of nitrogens with zero attached hydrogens (tertiary/aromatic N) is 1. The first-order valence-corrected chi connectivity index (χ1v) is 10.7. The number of likely N-dealkylation sites (tertiary alicyclic amines) is 1. The monoisotopic (exact) mass is 412 g/mol. The molecule has 1 aromatic rings. The second-order valence-corrected chi connectivity index (χ2v) is 9.15. The molecule has 3 fully saturated rings. The van der Waals surface area contributed by atoms with Crippen LogP contribution in [0, 0.1) is 36.5 Å². The van der Waals surface area contributed by atoms with Gasteiger partial charge in [0.15, 0.2) is 6.61 Å². The highest BCUT2D eigenvalue weighted by molar-refractivity contribution is 6.08. The number of amides is 3. The van der Waals surface area contributed by atoms with E-state index in [1.807, 2.05) is 25.1 Å². The van der Waals surface area contributed by atoms with Crippen LogP contribution in [0.2, 0.25) is 0 Å². The van der Waals surface area contributed by atoms with E-state index in [0.717, 1.165) is 29.7 Å². The van der Waals surface area contributed by atoms with Crippen molar-refractivity contribution in [1.29, 1.82) is 0 Å². The van der Waals surface area contributed by atoms with Gasteiger partial charge < -0.3 is 10.1 Å². The summed E-state index contributed by atoms with van der Waals surface area (Å²) in [5, 5.41) is 2.68. The fourth-order valence-corrected chi connectivity index (χ4v) is 5.52. The number of anilines is 1. The molecule has 160 valence electrons. The third-order valence-electron chi connectivity index (χ3n) is 6.76. The maximum absolute atomic E-state index is 13.1. The Hall–Kier alpha value is -2.70. The molecule has 1 aromatic carbocycles. The fourth-order valence-electron chi connectivity index (χ4n) is 5.52. The lowest BCUT2D eigenvalue weighted by atomic mass is 9.81. The molecular weight excluding hydrogens is 384 g/mol. The summed E-state index contributed by atoms with van der Waals surface area (Å²) in [7, 11) is 0. The molecule has 1 heterocycles. The summed E-state index contributed by atoms with van der Waals surface area (Å²) in [6.07, 6.45) is 2.90. The average Bonchev–Trinajstić information content (AvgIpc) is 3.36. The van der Waals surface area contributed by atoms with Crippen LogP contribution in [-0.2, 0) is 23.9 Å². The molecule has 5 atom stereocenters. The molecule has 3 amide bonds. The van der Waals surface area contributed by atoms with Gasteiger partial charge in [-0.15, -0.1) is 0 Å². The first kappa shape index (κ1) is 20.6. The van der Waals surface area contributed by atoms with E-state index >= 15 is 0 Å². The molecule has 2 aliphatic carbocycles. The molecule has 0 spiro atoms. The lowest BCUT2D eigenvalue weighted by Crippen LogP contribution is -2.50. The molecule has 1 aliphatic heterocycles. The standard InChI is InChI=1S/C23H28N2O5/c1-12(2)20(23(29)30-11-17(26)24-16-6-4-5-13(3)9-16)25-21(27)18-14-7-8-15(10-14)19(18)22(25)28/h4-6,9,12,14-15,18-20H,7-8,10-11H2,1-3H3,(H,24,26)/t14-,15+,18-,19+,20-/m0/s1. The second-order valence-electron chi connectivity index (χ2n) is 9.15. The Morgan fingerprint density at radius 3 is 2.33 bits per heavy atom. The van der Waals surface area contributed by atoms with Gasteiger partial charge in [0, 0.05) is 5.69 Å². The van der Waals surface area contributed by atoms with Gasteiger partial charge in [0.1, 0.15) is 6.04 Å². The van der Waals surface area contributed by atoms with Crippen LogP contribution in [0.25, 0.3) is 0 Å². The van der Waals surface area contributed by atoms with Crippen molar-refractivity contribution in [1.82, 2.24) is 4.90 Å². The SMILES string of the molecule is Cc1cccc(NC(=O)COC(=O)[C@H](C(C)C)N2C(=O)[C@@H]3[C@@H]4CC[C@@H](C4)[C@@H]3C2=O)c1. The van der Waals surface area contributed by atoms with Crippen molar-refractivity contribution < 1.29 is 23.9 Å². The van der Waals surface area contributed by atoms with Crippen molar-refractivity contribution in [2.24, 2.45) is 29.6 Å². The molecular formula is C23H28N2O5. The highest BCUT2D eigenvalue weighted by atomic mass is 16.5. The number of ether oxygens (including phenoxy) is 1. The van der Waals surface area contributed by atoms with E-state index < -0.39 is 24.5 Å². The lowest BCUT2D eigenvalue weighted by Gasteiger charge is -2.28. The van der Waals surface area contributed by atoms with Crippen molar-refractivity contribution in [2.45, 2.75) is 46.1 Å². The van der Waals surface area contributed by atoms with Gasteiger partial charge in [-0.3, -0.25) is 19.3 Å².